The Morgan fingerprint density at radius 1 is 1.11 bits per heavy atom. The Morgan fingerprint density at radius 2 is 1.58 bits per heavy atom. The number of aliphatic hydroxyl groups is 1. The number of rotatable bonds is 8. The fourth-order valence-electron chi connectivity index (χ4n) is 3.75. The van der Waals surface area contributed by atoms with E-state index >= 15 is 0 Å². The van der Waals surface area contributed by atoms with E-state index < -0.39 is 14.1 Å². The van der Waals surface area contributed by atoms with Crippen LogP contribution in [0, 0.1) is 5.92 Å². The molecule has 0 aromatic carbocycles. The average Bonchev–Trinajstić information content (AvgIpc) is 2.95. The summed E-state index contributed by atoms with van der Waals surface area (Å²) in [5.74, 6) is -0.600. The summed E-state index contributed by atoms with van der Waals surface area (Å²) >= 11 is 0. The Morgan fingerprint density at radius 3 is 1.89 bits per heavy atom. The first kappa shape index (κ1) is 17.1. The van der Waals surface area contributed by atoms with Gasteiger partial charge in [0.25, 0.3) is 0 Å². The third-order valence-electron chi connectivity index (χ3n) is 4.90. The average molecular weight is 289 g/mol. The summed E-state index contributed by atoms with van der Waals surface area (Å²) in [6.07, 6.45) is 1.66. The highest BCUT2D eigenvalue weighted by atomic mass is 28.4. The van der Waals surface area contributed by atoms with Gasteiger partial charge in [-0.25, -0.2) is 0 Å². The smallest absolute Gasteiger partial charge is 0.200 e. The molecule has 1 aliphatic rings. The van der Waals surface area contributed by atoms with Crippen molar-refractivity contribution in [2.24, 2.45) is 5.92 Å². The van der Waals surface area contributed by atoms with Gasteiger partial charge in [-0.15, -0.1) is 0 Å². The number of methoxy groups -OCH3 is 1. The van der Waals surface area contributed by atoms with Gasteiger partial charge in [0, 0.05) is 26.1 Å². The van der Waals surface area contributed by atoms with Crippen molar-refractivity contribution >= 4 is 8.32 Å². The zero-order chi connectivity index (χ0) is 14.8. The molecule has 0 bridgehead atoms. The second kappa shape index (κ2) is 6.25. The molecule has 0 saturated heterocycles. The van der Waals surface area contributed by atoms with Crippen LogP contribution in [0.3, 0.4) is 0 Å². The fraction of sp³-hybridized carbons (Fsp3) is 1.00. The number of hydrogen-bond acceptors (Lipinski definition) is 3. The molecule has 0 aromatic heterocycles. The first-order chi connectivity index (χ1) is 8.70. The van der Waals surface area contributed by atoms with Crippen molar-refractivity contribution in [1.29, 1.82) is 0 Å². The maximum atomic E-state index is 9.89. The minimum Gasteiger partial charge on any atom is -0.416 e. The van der Waals surface area contributed by atoms with E-state index in [1.54, 1.807) is 7.11 Å². The van der Waals surface area contributed by atoms with Crippen LogP contribution in [0.4, 0.5) is 0 Å². The minimum atomic E-state index is -1.75. The van der Waals surface area contributed by atoms with Gasteiger partial charge in [-0.05, 0) is 23.0 Å². The van der Waals surface area contributed by atoms with E-state index in [2.05, 4.69) is 41.5 Å². The molecule has 0 aromatic rings. The molecule has 0 unspecified atom stereocenters. The monoisotopic (exact) mass is 288 g/mol. The van der Waals surface area contributed by atoms with Crippen molar-refractivity contribution in [3.8, 4) is 0 Å². The molecule has 1 fully saturated rings. The summed E-state index contributed by atoms with van der Waals surface area (Å²) in [4.78, 5) is 0. The quantitative estimate of drug-likeness (QED) is 0.543. The zero-order valence-electron chi connectivity index (χ0n) is 13.7. The summed E-state index contributed by atoms with van der Waals surface area (Å²) in [5, 5.41) is 9.89. The molecule has 0 heterocycles. The first-order valence-electron chi connectivity index (χ1n) is 7.62. The Hall–Kier alpha value is 0.0969. The van der Waals surface area contributed by atoms with Gasteiger partial charge < -0.3 is 14.3 Å². The van der Waals surface area contributed by atoms with E-state index in [0.29, 0.717) is 16.6 Å². The van der Waals surface area contributed by atoms with Crippen molar-refractivity contribution < 1.29 is 14.3 Å². The second-order valence-corrected chi connectivity index (χ2v) is 12.4. The molecule has 2 atom stereocenters. The van der Waals surface area contributed by atoms with Crippen molar-refractivity contribution in [3.63, 3.8) is 0 Å². The van der Waals surface area contributed by atoms with Gasteiger partial charge in [0.2, 0.25) is 0 Å². The van der Waals surface area contributed by atoms with Gasteiger partial charge in [-0.2, -0.15) is 0 Å². The molecule has 1 aliphatic carbocycles. The highest BCUT2D eigenvalue weighted by Gasteiger charge is 2.53. The Balaban J connectivity index is 2.55. The van der Waals surface area contributed by atoms with Crippen LogP contribution < -0.4 is 0 Å². The van der Waals surface area contributed by atoms with Crippen LogP contribution in [0.2, 0.25) is 16.6 Å². The summed E-state index contributed by atoms with van der Waals surface area (Å²) in [5.41, 5.74) is 1.86. The summed E-state index contributed by atoms with van der Waals surface area (Å²) in [7, 11) is -0.166. The molecule has 1 N–H and O–H groups in total. The van der Waals surface area contributed by atoms with E-state index in [1.165, 1.54) is 0 Å². The normalized spacial score (nSPS) is 27.6. The standard InChI is InChI=1S/C15H32O3Si/c1-11(2)19(12(3)4,13(5)6)18-9-8-14-10-15(14,16)17-7/h11-14,16H,8-10H2,1-7H3/t14-,15-/m1/s1. The Bertz CT molecular complexity index is 269. The van der Waals surface area contributed by atoms with Crippen LogP contribution in [-0.2, 0) is 9.16 Å². The van der Waals surface area contributed by atoms with Crippen molar-refractivity contribution in [2.45, 2.75) is 76.8 Å². The van der Waals surface area contributed by atoms with E-state index in [0.717, 1.165) is 19.4 Å². The highest BCUT2D eigenvalue weighted by Crippen LogP contribution is 2.47. The highest BCUT2D eigenvalue weighted by molar-refractivity contribution is 6.77. The van der Waals surface area contributed by atoms with E-state index in [4.69, 9.17) is 9.16 Å². The lowest BCUT2D eigenvalue weighted by Crippen LogP contribution is -2.48. The molecule has 0 amide bonds. The van der Waals surface area contributed by atoms with Crippen LogP contribution in [-0.4, -0.2) is 32.9 Å². The fourth-order valence-corrected chi connectivity index (χ4v) is 9.22. The summed E-state index contributed by atoms with van der Waals surface area (Å²) in [6, 6.07) is 0. The lowest BCUT2D eigenvalue weighted by molar-refractivity contribution is -0.115. The van der Waals surface area contributed by atoms with Crippen LogP contribution in [0.1, 0.15) is 54.4 Å². The molecular formula is C15H32O3Si. The van der Waals surface area contributed by atoms with E-state index in [-0.39, 0.29) is 5.92 Å². The summed E-state index contributed by atoms with van der Waals surface area (Å²) in [6.45, 7) is 14.6. The van der Waals surface area contributed by atoms with E-state index in [9.17, 15) is 5.11 Å². The predicted molar refractivity (Wildman–Crippen MR) is 81.7 cm³/mol. The molecular weight excluding hydrogens is 256 g/mol. The van der Waals surface area contributed by atoms with Gasteiger partial charge >= 0.3 is 0 Å². The molecule has 0 radical (unpaired) electrons. The minimum absolute atomic E-state index is 0.260. The number of hydrogen-bond donors (Lipinski definition) is 1. The van der Waals surface area contributed by atoms with Crippen molar-refractivity contribution in [1.82, 2.24) is 0 Å². The van der Waals surface area contributed by atoms with Gasteiger partial charge in [-0.1, -0.05) is 41.5 Å². The van der Waals surface area contributed by atoms with Gasteiger partial charge in [0.15, 0.2) is 14.1 Å². The summed E-state index contributed by atoms with van der Waals surface area (Å²) < 4.78 is 11.6. The number of ether oxygens (including phenoxy) is 1. The molecule has 114 valence electrons. The SMILES string of the molecule is CO[C@]1(O)C[C@H]1CCO[Si](C(C)C)(C(C)C)C(C)C. The van der Waals surface area contributed by atoms with Gasteiger partial charge in [0.05, 0.1) is 0 Å². The molecule has 0 spiro atoms. The lowest BCUT2D eigenvalue weighted by Gasteiger charge is -2.42. The second-order valence-electron chi connectivity index (χ2n) is 6.90. The molecule has 1 saturated carbocycles. The van der Waals surface area contributed by atoms with Gasteiger partial charge in [0.1, 0.15) is 0 Å². The van der Waals surface area contributed by atoms with Crippen LogP contribution in [0.25, 0.3) is 0 Å². The third kappa shape index (κ3) is 3.41. The van der Waals surface area contributed by atoms with Crippen molar-refractivity contribution in [2.75, 3.05) is 13.7 Å². The molecule has 4 heteroatoms. The lowest BCUT2D eigenvalue weighted by atomic mass is 10.3. The van der Waals surface area contributed by atoms with Crippen LogP contribution >= 0.6 is 0 Å². The maximum absolute atomic E-state index is 9.89. The molecule has 1 rings (SSSR count). The van der Waals surface area contributed by atoms with Crippen molar-refractivity contribution in [3.05, 3.63) is 0 Å². The molecule has 0 aliphatic heterocycles. The van der Waals surface area contributed by atoms with Crippen LogP contribution in [0.15, 0.2) is 0 Å². The third-order valence-corrected chi connectivity index (χ3v) is 11.0. The molecule has 19 heavy (non-hydrogen) atoms. The Labute approximate surface area is 119 Å². The largest absolute Gasteiger partial charge is 0.416 e. The zero-order valence-corrected chi connectivity index (χ0v) is 14.7. The predicted octanol–water partition coefficient (Wildman–Crippen LogP) is 3.92. The first-order valence-corrected chi connectivity index (χ1v) is 9.76. The molecule has 3 nitrogen and oxygen atoms in total. The maximum Gasteiger partial charge on any atom is 0.200 e. The Kier molecular flexibility index (Phi) is 5.64. The van der Waals surface area contributed by atoms with Gasteiger partial charge in [-0.3, -0.25) is 0 Å². The van der Waals surface area contributed by atoms with Crippen LogP contribution in [0.5, 0.6) is 0 Å². The van der Waals surface area contributed by atoms with E-state index in [1.807, 2.05) is 0 Å². The topological polar surface area (TPSA) is 38.7 Å².